The van der Waals surface area contributed by atoms with Crippen molar-refractivity contribution in [2.24, 2.45) is 0 Å². The molecule has 8 nitrogen and oxygen atoms in total. The van der Waals surface area contributed by atoms with Gasteiger partial charge in [-0.1, -0.05) is 17.8 Å². The van der Waals surface area contributed by atoms with Gasteiger partial charge in [-0.15, -0.1) is 5.10 Å². The predicted molar refractivity (Wildman–Crippen MR) is 93.6 cm³/mol. The molecule has 25 heavy (non-hydrogen) atoms. The minimum Gasteiger partial charge on any atom is -0.469 e. The highest BCUT2D eigenvalue weighted by Crippen LogP contribution is 2.19. The maximum Gasteiger partial charge on any atom is 0.305 e. The third kappa shape index (κ3) is 5.86. The summed E-state index contributed by atoms with van der Waals surface area (Å²) >= 11 is 1.26. The average Bonchev–Trinajstić information content (AvgIpc) is 3.04. The Morgan fingerprint density at radius 2 is 1.96 bits per heavy atom. The molecule has 0 bridgehead atoms. The molecule has 0 saturated carbocycles. The molecule has 1 aromatic heterocycles. The van der Waals surface area contributed by atoms with E-state index in [1.165, 1.54) is 18.9 Å². The Labute approximate surface area is 150 Å². The molecule has 134 valence electrons. The van der Waals surface area contributed by atoms with Crippen LogP contribution < -0.4 is 5.32 Å². The van der Waals surface area contributed by atoms with Crippen molar-refractivity contribution in [1.29, 1.82) is 0 Å². The number of amides is 1. The summed E-state index contributed by atoms with van der Waals surface area (Å²) < 4.78 is 6.17. The summed E-state index contributed by atoms with van der Waals surface area (Å²) in [6.45, 7) is 4.45. The van der Waals surface area contributed by atoms with Gasteiger partial charge in [-0.25, -0.2) is 0 Å². The van der Waals surface area contributed by atoms with Crippen molar-refractivity contribution in [2.45, 2.75) is 31.8 Å². The number of hydrogen-bond acceptors (Lipinski definition) is 7. The van der Waals surface area contributed by atoms with Gasteiger partial charge in [0.1, 0.15) is 0 Å². The molecule has 0 spiro atoms. The van der Waals surface area contributed by atoms with Crippen molar-refractivity contribution < 1.29 is 14.3 Å². The smallest absolute Gasteiger partial charge is 0.305 e. The van der Waals surface area contributed by atoms with Crippen LogP contribution in [0.25, 0.3) is 5.69 Å². The maximum absolute atomic E-state index is 11.9. The first-order valence-electron chi connectivity index (χ1n) is 7.83. The van der Waals surface area contributed by atoms with Crippen molar-refractivity contribution in [3.05, 3.63) is 29.3 Å². The Bertz CT molecular complexity index is 727. The molecule has 0 aliphatic carbocycles. The van der Waals surface area contributed by atoms with E-state index in [2.05, 4.69) is 31.6 Å². The number of rotatable bonds is 8. The Balaban J connectivity index is 1.87. The molecule has 0 saturated heterocycles. The van der Waals surface area contributed by atoms with Gasteiger partial charge in [-0.05, 0) is 54.0 Å². The van der Waals surface area contributed by atoms with Crippen LogP contribution in [0.4, 0.5) is 0 Å². The lowest BCUT2D eigenvalue weighted by molar-refractivity contribution is -0.140. The first kappa shape index (κ1) is 18.9. The van der Waals surface area contributed by atoms with Gasteiger partial charge in [0.15, 0.2) is 0 Å². The third-order valence-electron chi connectivity index (χ3n) is 3.33. The summed E-state index contributed by atoms with van der Waals surface area (Å²) in [5.41, 5.74) is 3.10. The molecular weight excluding hydrogens is 342 g/mol. The van der Waals surface area contributed by atoms with Crippen LogP contribution in [-0.4, -0.2) is 51.5 Å². The van der Waals surface area contributed by atoms with Crippen LogP contribution in [0.15, 0.2) is 23.4 Å². The van der Waals surface area contributed by atoms with Gasteiger partial charge in [0.2, 0.25) is 11.1 Å². The lowest BCUT2D eigenvalue weighted by atomic mass is 10.1. The van der Waals surface area contributed by atoms with E-state index < -0.39 is 0 Å². The zero-order valence-electron chi connectivity index (χ0n) is 14.5. The molecule has 0 aliphatic heterocycles. The molecule has 1 heterocycles. The van der Waals surface area contributed by atoms with Gasteiger partial charge in [0.25, 0.3) is 0 Å². The van der Waals surface area contributed by atoms with Crippen LogP contribution >= 0.6 is 11.8 Å². The van der Waals surface area contributed by atoms with Crippen molar-refractivity contribution in [3.8, 4) is 5.69 Å². The van der Waals surface area contributed by atoms with Gasteiger partial charge in [-0.3, -0.25) is 9.59 Å². The Kier molecular flexibility index (Phi) is 6.93. The number of nitrogens with one attached hydrogen (secondary N) is 1. The molecule has 2 aromatic rings. The number of methoxy groups -OCH3 is 1. The van der Waals surface area contributed by atoms with Gasteiger partial charge in [0.05, 0.1) is 18.6 Å². The normalized spacial score (nSPS) is 10.5. The SMILES string of the molecule is COC(=O)CCCNC(=O)CSc1nnnn1-c1cc(C)cc(C)c1. The molecular formula is C16H21N5O3S. The summed E-state index contributed by atoms with van der Waals surface area (Å²) in [4.78, 5) is 22.9. The Morgan fingerprint density at radius 3 is 2.64 bits per heavy atom. The van der Waals surface area contributed by atoms with Crippen LogP contribution in [0.1, 0.15) is 24.0 Å². The quantitative estimate of drug-likeness (QED) is 0.430. The summed E-state index contributed by atoms with van der Waals surface area (Å²) in [5.74, 6) is -0.218. The van der Waals surface area contributed by atoms with E-state index in [1.807, 2.05) is 26.0 Å². The van der Waals surface area contributed by atoms with E-state index in [0.29, 0.717) is 18.1 Å². The van der Waals surface area contributed by atoms with Crippen molar-refractivity contribution >= 4 is 23.6 Å². The lowest BCUT2D eigenvalue weighted by Crippen LogP contribution is -2.26. The first-order chi connectivity index (χ1) is 12.0. The van der Waals surface area contributed by atoms with E-state index >= 15 is 0 Å². The van der Waals surface area contributed by atoms with Gasteiger partial charge in [0, 0.05) is 13.0 Å². The molecule has 9 heteroatoms. The minimum absolute atomic E-state index is 0.134. The van der Waals surface area contributed by atoms with Crippen LogP contribution in [0.3, 0.4) is 0 Å². The second-order valence-corrected chi connectivity index (χ2v) is 6.48. The van der Waals surface area contributed by atoms with E-state index in [9.17, 15) is 9.59 Å². The maximum atomic E-state index is 11.9. The van der Waals surface area contributed by atoms with Crippen molar-refractivity contribution in [3.63, 3.8) is 0 Å². The van der Waals surface area contributed by atoms with E-state index in [-0.39, 0.29) is 24.1 Å². The monoisotopic (exact) mass is 363 g/mol. The number of esters is 1. The van der Waals surface area contributed by atoms with Crippen LogP contribution in [0.5, 0.6) is 0 Å². The summed E-state index contributed by atoms with van der Waals surface area (Å²) in [6.07, 6.45) is 0.832. The fourth-order valence-corrected chi connectivity index (χ4v) is 2.97. The van der Waals surface area contributed by atoms with E-state index in [1.54, 1.807) is 4.68 Å². The number of thioether (sulfide) groups is 1. The zero-order valence-corrected chi connectivity index (χ0v) is 15.3. The second-order valence-electron chi connectivity index (χ2n) is 5.54. The molecule has 0 fully saturated rings. The number of tetrazole rings is 1. The highest BCUT2D eigenvalue weighted by molar-refractivity contribution is 7.99. The number of carbonyl (C=O) groups is 2. The topological polar surface area (TPSA) is 99.0 Å². The summed E-state index contributed by atoms with van der Waals surface area (Å²) in [5, 5.41) is 15.0. The highest BCUT2D eigenvalue weighted by Gasteiger charge is 2.12. The second kappa shape index (κ2) is 9.16. The number of hydrogen-bond donors (Lipinski definition) is 1. The molecule has 2 rings (SSSR count). The summed E-state index contributed by atoms with van der Waals surface area (Å²) in [6, 6.07) is 6.04. The molecule has 1 aromatic carbocycles. The number of nitrogens with zero attached hydrogens (tertiary/aromatic N) is 4. The standard InChI is InChI=1S/C16H21N5O3S/c1-11-7-12(2)9-13(8-11)21-16(18-19-20-21)25-10-14(22)17-6-4-5-15(23)24-3/h7-9H,4-6,10H2,1-3H3,(H,17,22). The predicted octanol–water partition coefficient (Wildman–Crippen LogP) is 1.44. The molecule has 1 N–H and O–H groups in total. The Hall–Kier alpha value is -2.42. The number of benzene rings is 1. The third-order valence-corrected chi connectivity index (χ3v) is 4.25. The summed E-state index contributed by atoms with van der Waals surface area (Å²) in [7, 11) is 1.34. The van der Waals surface area contributed by atoms with Crippen LogP contribution in [-0.2, 0) is 14.3 Å². The number of aryl methyl sites for hydroxylation is 2. The molecule has 1 amide bonds. The first-order valence-corrected chi connectivity index (χ1v) is 8.81. The number of ether oxygens (including phenoxy) is 1. The zero-order chi connectivity index (χ0) is 18.2. The lowest BCUT2D eigenvalue weighted by Gasteiger charge is -2.07. The molecule has 0 radical (unpaired) electrons. The van der Waals surface area contributed by atoms with Gasteiger partial charge in [-0.2, -0.15) is 4.68 Å². The Morgan fingerprint density at radius 1 is 1.24 bits per heavy atom. The van der Waals surface area contributed by atoms with Crippen LogP contribution in [0, 0.1) is 13.8 Å². The number of carbonyl (C=O) groups excluding carboxylic acids is 2. The number of aromatic nitrogens is 4. The van der Waals surface area contributed by atoms with E-state index in [0.717, 1.165) is 16.8 Å². The molecule has 0 atom stereocenters. The molecule has 0 unspecified atom stereocenters. The minimum atomic E-state index is -0.281. The largest absolute Gasteiger partial charge is 0.469 e. The van der Waals surface area contributed by atoms with E-state index in [4.69, 9.17) is 0 Å². The van der Waals surface area contributed by atoms with Gasteiger partial charge < -0.3 is 10.1 Å². The fourth-order valence-electron chi connectivity index (χ4n) is 2.25. The van der Waals surface area contributed by atoms with Crippen molar-refractivity contribution in [1.82, 2.24) is 25.5 Å². The highest BCUT2D eigenvalue weighted by atomic mass is 32.2. The van der Waals surface area contributed by atoms with Crippen LogP contribution in [0.2, 0.25) is 0 Å². The molecule has 0 aliphatic rings. The van der Waals surface area contributed by atoms with Gasteiger partial charge >= 0.3 is 5.97 Å². The van der Waals surface area contributed by atoms with Crippen molar-refractivity contribution in [2.75, 3.05) is 19.4 Å². The average molecular weight is 363 g/mol. The fraction of sp³-hybridized carbons (Fsp3) is 0.438.